The van der Waals surface area contributed by atoms with Crippen LogP contribution in [0.2, 0.25) is 0 Å². The van der Waals surface area contributed by atoms with Crippen LogP contribution in [0.5, 0.6) is 0 Å². The Morgan fingerprint density at radius 3 is 2.79 bits per heavy atom. The summed E-state index contributed by atoms with van der Waals surface area (Å²) in [6, 6.07) is 7.23. The van der Waals surface area contributed by atoms with Gasteiger partial charge < -0.3 is 15.0 Å². The molecule has 1 aromatic heterocycles. The first-order chi connectivity index (χ1) is 9.24. The molecule has 1 heterocycles. The van der Waals surface area contributed by atoms with Crippen LogP contribution in [0.15, 0.2) is 43.0 Å². The molecule has 0 radical (unpaired) electrons. The number of hydrogen-bond acceptors (Lipinski definition) is 4. The van der Waals surface area contributed by atoms with Gasteiger partial charge in [-0.3, -0.25) is 4.79 Å². The number of nitrogen functional groups attached to an aromatic ring is 1. The second kappa shape index (κ2) is 6.58. The lowest BCUT2D eigenvalue weighted by Gasteiger charge is -2.05. The van der Waals surface area contributed by atoms with E-state index in [0.29, 0.717) is 12.3 Å². The molecule has 0 atom stereocenters. The highest BCUT2D eigenvalue weighted by atomic mass is 16.5. The van der Waals surface area contributed by atoms with Gasteiger partial charge in [-0.25, -0.2) is 4.98 Å². The van der Waals surface area contributed by atoms with E-state index in [-0.39, 0.29) is 12.4 Å². The fourth-order valence-electron chi connectivity index (χ4n) is 1.71. The highest BCUT2D eigenvalue weighted by Crippen LogP contribution is 2.06. The average Bonchev–Trinajstić information content (AvgIpc) is 2.91. The maximum absolute atomic E-state index is 11.6. The lowest BCUT2D eigenvalue weighted by Crippen LogP contribution is -2.10. The Balaban J connectivity index is 1.65. The number of imidazole rings is 1. The minimum atomic E-state index is -0.213. The van der Waals surface area contributed by atoms with E-state index >= 15 is 0 Å². The quantitative estimate of drug-likeness (QED) is 0.486. The molecule has 0 aliphatic carbocycles. The van der Waals surface area contributed by atoms with Crippen LogP contribution in [-0.2, 0) is 22.5 Å². The largest absolute Gasteiger partial charge is 0.465 e. The molecule has 0 aliphatic heterocycles. The molecule has 0 bridgehead atoms. The Bertz CT molecular complexity index is 506. The van der Waals surface area contributed by atoms with Crippen LogP contribution in [0, 0.1) is 0 Å². The van der Waals surface area contributed by atoms with Gasteiger partial charge >= 0.3 is 5.97 Å². The molecule has 2 rings (SSSR count). The summed E-state index contributed by atoms with van der Waals surface area (Å²) in [4.78, 5) is 15.5. The zero-order valence-corrected chi connectivity index (χ0v) is 10.7. The molecule has 5 heteroatoms. The molecule has 0 unspecified atom stereocenters. The van der Waals surface area contributed by atoms with Gasteiger partial charge in [-0.1, -0.05) is 12.1 Å². The molecule has 19 heavy (non-hydrogen) atoms. The maximum Gasteiger partial charge on any atom is 0.310 e. The smallest absolute Gasteiger partial charge is 0.310 e. The van der Waals surface area contributed by atoms with Gasteiger partial charge in [0, 0.05) is 24.6 Å². The summed E-state index contributed by atoms with van der Waals surface area (Å²) >= 11 is 0. The topological polar surface area (TPSA) is 70.1 Å². The zero-order valence-electron chi connectivity index (χ0n) is 10.7. The third-order valence-electron chi connectivity index (χ3n) is 2.71. The molecule has 1 aromatic carbocycles. The van der Waals surface area contributed by atoms with Gasteiger partial charge in [0.1, 0.15) is 0 Å². The number of nitrogens with two attached hydrogens (primary N) is 1. The summed E-state index contributed by atoms with van der Waals surface area (Å²) < 4.78 is 7.12. The van der Waals surface area contributed by atoms with Crippen molar-refractivity contribution >= 4 is 11.7 Å². The monoisotopic (exact) mass is 259 g/mol. The maximum atomic E-state index is 11.6. The van der Waals surface area contributed by atoms with Gasteiger partial charge in [0.2, 0.25) is 0 Å². The van der Waals surface area contributed by atoms with Gasteiger partial charge in [0.05, 0.1) is 19.4 Å². The van der Waals surface area contributed by atoms with Gasteiger partial charge in [-0.2, -0.15) is 0 Å². The number of carbonyl (C=O) groups excluding carboxylic acids is 1. The van der Waals surface area contributed by atoms with Crippen molar-refractivity contribution in [2.45, 2.75) is 19.4 Å². The first-order valence-electron chi connectivity index (χ1n) is 6.20. The van der Waals surface area contributed by atoms with E-state index < -0.39 is 0 Å². The van der Waals surface area contributed by atoms with Crippen molar-refractivity contribution in [3.8, 4) is 0 Å². The van der Waals surface area contributed by atoms with Crippen molar-refractivity contribution in [1.29, 1.82) is 0 Å². The predicted octanol–water partition coefficient (Wildman–Crippen LogP) is 1.64. The van der Waals surface area contributed by atoms with E-state index in [4.69, 9.17) is 10.5 Å². The van der Waals surface area contributed by atoms with Crippen LogP contribution in [0.25, 0.3) is 0 Å². The molecule has 2 N–H and O–H groups in total. The van der Waals surface area contributed by atoms with Gasteiger partial charge in [0.15, 0.2) is 0 Å². The van der Waals surface area contributed by atoms with Crippen LogP contribution in [0.3, 0.4) is 0 Å². The molecule has 0 aliphatic rings. The minimum Gasteiger partial charge on any atom is -0.465 e. The molecule has 0 saturated carbocycles. The molecule has 0 fully saturated rings. The van der Waals surface area contributed by atoms with E-state index in [1.54, 1.807) is 24.7 Å². The van der Waals surface area contributed by atoms with Crippen LogP contribution < -0.4 is 5.73 Å². The number of hydrogen-bond donors (Lipinski definition) is 1. The van der Waals surface area contributed by atoms with E-state index in [9.17, 15) is 4.79 Å². The Morgan fingerprint density at radius 1 is 1.32 bits per heavy atom. The van der Waals surface area contributed by atoms with Crippen LogP contribution >= 0.6 is 0 Å². The zero-order chi connectivity index (χ0) is 13.5. The number of esters is 1. The molecular formula is C14H17N3O2. The van der Waals surface area contributed by atoms with E-state index in [0.717, 1.165) is 18.5 Å². The lowest BCUT2D eigenvalue weighted by molar-refractivity contribution is -0.143. The number of aromatic nitrogens is 2. The lowest BCUT2D eigenvalue weighted by atomic mass is 10.1. The third-order valence-corrected chi connectivity index (χ3v) is 2.71. The molecule has 5 nitrogen and oxygen atoms in total. The Morgan fingerprint density at radius 2 is 2.11 bits per heavy atom. The number of benzene rings is 1. The van der Waals surface area contributed by atoms with Crippen molar-refractivity contribution in [2.75, 3.05) is 12.3 Å². The van der Waals surface area contributed by atoms with Crippen LogP contribution in [0.4, 0.5) is 5.69 Å². The normalized spacial score (nSPS) is 10.3. The predicted molar refractivity (Wildman–Crippen MR) is 72.4 cm³/mol. The van der Waals surface area contributed by atoms with Gasteiger partial charge in [0.25, 0.3) is 0 Å². The second-order valence-electron chi connectivity index (χ2n) is 4.29. The van der Waals surface area contributed by atoms with Crippen molar-refractivity contribution in [2.24, 2.45) is 0 Å². The number of anilines is 1. The first kappa shape index (κ1) is 13.1. The van der Waals surface area contributed by atoms with Crippen LogP contribution in [0.1, 0.15) is 12.0 Å². The molecular weight excluding hydrogens is 242 g/mol. The molecule has 0 spiro atoms. The highest BCUT2D eigenvalue weighted by Gasteiger charge is 2.04. The molecule has 0 saturated heterocycles. The Hall–Kier alpha value is -2.30. The van der Waals surface area contributed by atoms with Crippen molar-refractivity contribution in [3.05, 3.63) is 48.5 Å². The van der Waals surface area contributed by atoms with Crippen LogP contribution in [-0.4, -0.2) is 22.1 Å². The molecule has 100 valence electrons. The molecule has 2 aromatic rings. The number of carbonyl (C=O) groups is 1. The standard InChI is InChI=1S/C14H17N3O2/c15-13-4-2-12(3-5-13)10-14(18)19-9-1-7-17-8-6-16-11-17/h2-6,8,11H,1,7,9-10,15H2. The molecule has 0 amide bonds. The van der Waals surface area contributed by atoms with E-state index in [1.165, 1.54) is 0 Å². The summed E-state index contributed by atoms with van der Waals surface area (Å²) in [6.07, 6.45) is 6.43. The van der Waals surface area contributed by atoms with Gasteiger partial charge in [-0.15, -0.1) is 0 Å². The Labute approximate surface area is 112 Å². The summed E-state index contributed by atoms with van der Waals surface area (Å²) in [5.41, 5.74) is 7.18. The minimum absolute atomic E-state index is 0.213. The summed E-state index contributed by atoms with van der Waals surface area (Å²) in [6.45, 7) is 1.22. The first-order valence-corrected chi connectivity index (χ1v) is 6.20. The highest BCUT2D eigenvalue weighted by molar-refractivity contribution is 5.72. The second-order valence-corrected chi connectivity index (χ2v) is 4.29. The summed E-state index contributed by atoms with van der Waals surface area (Å²) in [5, 5.41) is 0. The van der Waals surface area contributed by atoms with Crippen molar-refractivity contribution in [3.63, 3.8) is 0 Å². The van der Waals surface area contributed by atoms with Crippen molar-refractivity contribution < 1.29 is 9.53 Å². The number of aryl methyl sites for hydroxylation is 1. The van der Waals surface area contributed by atoms with E-state index in [2.05, 4.69) is 4.98 Å². The van der Waals surface area contributed by atoms with E-state index in [1.807, 2.05) is 22.9 Å². The SMILES string of the molecule is Nc1ccc(CC(=O)OCCCn2ccnc2)cc1. The summed E-state index contributed by atoms with van der Waals surface area (Å²) in [5.74, 6) is -0.213. The number of ether oxygens (including phenoxy) is 1. The number of nitrogens with zero attached hydrogens (tertiary/aromatic N) is 2. The Kier molecular flexibility index (Phi) is 4.55. The van der Waals surface area contributed by atoms with Crippen molar-refractivity contribution in [1.82, 2.24) is 9.55 Å². The fourth-order valence-corrected chi connectivity index (χ4v) is 1.71. The fraction of sp³-hybridized carbons (Fsp3) is 0.286. The summed E-state index contributed by atoms with van der Waals surface area (Å²) in [7, 11) is 0. The van der Waals surface area contributed by atoms with Gasteiger partial charge in [-0.05, 0) is 24.1 Å². The third kappa shape index (κ3) is 4.46. The number of rotatable bonds is 6. The average molecular weight is 259 g/mol.